The van der Waals surface area contributed by atoms with Crippen molar-refractivity contribution in [2.24, 2.45) is 5.73 Å². The number of aliphatic hydroxyl groups excluding tert-OH is 2. The standard InChI is InChI=1S/C4H9NO3/c5-3(1-6)4(8)2-7/h1,3-4,7-8H,2,5H2/t3-,4-/m1/s1. The van der Waals surface area contributed by atoms with Gasteiger partial charge >= 0.3 is 0 Å². The van der Waals surface area contributed by atoms with Gasteiger partial charge in [-0.15, -0.1) is 0 Å². The summed E-state index contributed by atoms with van der Waals surface area (Å²) >= 11 is 0. The van der Waals surface area contributed by atoms with Crippen molar-refractivity contribution in [1.82, 2.24) is 0 Å². The highest BCUT2D eigenvalue weighted by atomic mass is 16.3. The van der Waals surface area contributed by atoms with Gasteiger partial charge in [-0.1, -0.05) is 0 Å². The lowest BCUT2D eigenvalue weighted by molar-refractivity contribution is -0.111. The molecule has 2 atom stereocenters. The number of aliphatic hydroxyl groups is 2. The summed E-state index contributed by atoms with van der Waals surface area (Å²) in [6.07, 6.45) is -0.728. The van der Waals surface area contributed by atoms with Crippen LogP contribution in [0.1, 0.15) is 0 Å². The van der Waals surface area contributed by atoms with Crippen molar-refractivity contribution in [2.75, 3.05) is 6.61 Å². The van der Waals surface area contributed by atoms with E-state index in [2.05, 4.69) is 0 Å². The molecule has 0 rings (SSSR count). The van der Waals surface area contributed by atoms with Gasteiger partial charge in [0.25, 0.3) is 0 Å². The molecule has 4 N–H and O–H groups in total. The average Bonchev–Trinajstić information content (AvgIpc) is 1.84. The maximum atomic E-state index is 9.71. The van der Waals surface area contributed by atoms with Gasteiger partial charge < -0.3 is 20.7 Å². The zero-order valence-electron chi connectivity index (χ0n) is 4.32. The van der Waals surface area contributed by atoms with Gasteiger partial charge in [0.05, 0.1) is 18.8 Å². The molecule has 0 saturated carbocycles. The van der Waals surface area contributed by atoms with Gasteiger partial charge in [0.1, 0.15) is 6.29 Å². The van der Waals surface area contributed by atoms with Crippen molar-refractivity contribution in [3.8, 4) is 0 Å². The number of rotatable bonds is 3. The highest BCUT2D eigenvalue weighted by Gasteiger charge is 2.10. The van der Waals surface area contributed by atoms with E-state index in [9.17, 15) is 4.79 Å². The summed E-state index contributed by atoms with van der Waals surface area (Å²) in [5.74, 6) is 0. The molecule has 0 spiro atoms. The lowest BCUT2D eigenvalue weighted by Crippen LogP contribution is -2.38. The Morgan fingerprint density at radius 2 is 2.25 bits per heavy atom. The third kappa shape index (κ3) is 2.02. The van der Waals surface area contributed by atoms with E-state index in [4.69, 9.17) is 15.9 Å². The van der Waals surface area contributed by atoms with Gasteiger partial charge in [-0.05, 0) is 0 Å². The van der Waals surface area contributed by atoms with Crippen molar-refractivity contribution < 1.29 is 15.0 Å². The van der Waals surface area contributed by atoms with E-state index in [1.165, 1.54) is 0 Å². The first kappa shape index (κ1) is 7.55. The lowest BCUT2D eigenvalue weighted by atomic mass is 10.2. The summed E-state index contributed by atoms with van der Waals surface area (Å²) in [7, 11) is 0. The molecular formula is C4H9NO3. The second-order valence-corrected chi connectivity index (χ2v) is 1.46. The van der Waals surface area contributed by atoms with Crippen molar-refractivity contribution in [3.05, 3.63) is 0 Å². The van der Waals surface area contributed by atoms with Crippen LogP contribution in [0, 0.1) is 0 Å². The Kier molecular flexibility index (Phi) is 3.34. The number of carbonyl (C=O) groups excluding carboxylic acids is 1. The molecule has 0 amide bonds. The Balaban J connectivity index is 3.44. The highest BCUT2D eigenvalue weighted by Crippen LogP contribution is 1.82. The minimum Gasteiger partial charge on any atom is -0.394 e. The number of carbonyl (C=O) groups is 1. The third-order valence-electron chi connectivity index (χ3n) is 0.788. The molecule has 48 valence electrons. The molecular weight excluding hydrogens is 110 g/mol. The normalized spacial score (nSPS) is 17.4. The fourth-order valence-corrected chi connectivity index (χ4v) is 0.212. The smallest absolute Gasteiger partial charge is 0.139 e. The van der Waals surface area contributed by atoms with E-state index in [-0.39, 0.29) is 0 Å². The van der Waals surface area contributed by atoms with Crippen molar-refractivity contribution in [1.29, 1.82) is 0 Å². The second kappa shape index (κ2) is 3.54. The summed E-state index contributed by atoms with van der Waals surface area (Å²) in [5.41, 5.74) is 4.95. The van der Waals surface area contributed by atoms with Crippen LogP contribution in [0.25, 0.3) is 0 Å². The molecule has 4 nitrogen and oxygen atoms in total. The lowest BCUT2D eigenvalue weighted by Gasteiger charge is -2.07. The quantitative estimate of drug-likeness (QED) is 0.370. The molecule has 0 aliphatic rings. The first-order valence-electron chi connectivity index (χ1n) is 2.22. The predicted molar refractivity (Wildman–Crippen MR) is 27.1 cm³/mol. The second-order valence-electron chi connectivity index (χ2n) is 1.46. The summed E-state index contributed by atoms with van der Waals surface area (Å²) in [6, 6.07) is -0.958. The molecule has 0 aromatic rings. The SMILES string of the molecule is N[C@H](C=O)[C@H](O)CO. The van der Waals surface area contributed by atoms with Gasteiger partial charge in [0, 0.05) is 0 Å². The maximum Gasteiger partial charge on any atom is 0.139 e. The van der Waals surface area contributed by atoms with Crippen LogP contribution < -0.4 is 5.73 Å². The Labute approximate surface area is 46.9 Å². The van der Waals surface area contributed by atoms with Crippen LogP contribution in [0.2, 0.25) is 0 Å². The number of hydrogen-bond acceptors (Lipinski definition) is 4. The fraction of sp³-hybridized carbons (Fsp3) is 0.750. The molecule has 0 radical (unpaired) electrons. The van der Waals surface area contributed by atoms with Crippen molar-refractivity contribution in [2.45, 2.75) is 12.1 Å². The Bertz CT molecular complexity index is 75.7. The van der Waals surface area contributed by atoms with E-state index in [0.717, 1.165) is 0 Å². The Hall–Kier alpha value is -0.450. The molecule has 4 heteroatoms. The van der Waals surface area contributed by atoms with E-state index in [1.54, 1.807) is 0 Å². The topological polar surface area (TPSA) is 83.6 Å². The first-order chi connectivity index (χ1) is 3.72. The van der Waals surface area contributed by atoms with Crippen molar-refractivity contribution >= 4 is 6.29 Å². The van der Waals surface area contributed by atoms with Gasteiger partial charge in [0.15, 0.2) is 0 Å². The summed E-state index contributed by atoms with van der Waals surface area (Å²) in [6.45, 7) is -0.472. The summed E-state index contributed by atoms with van der Waals surface area (Å²) < 4.78 is 0. The zero-order chi connectivity index (χ0) is 6.57. The molecule has 8 heavy (non-hydrogen) atoms. The first-order valence-corrected chi connectivity index (χ1v) is 2.22. The summed E-state index contributed by atoms with van der Waals surface area (Å²) in [4.78, 5) is 9.71. The maximum absolute atomic E-state index is 9.71. The molecule has 0 aromatic carbocycles. The minimum atomic E-state index is -1.12. The van der Waals surface area contributed by atoms with E-state index >= 15 is 0 Å². The van der Waals surface area contributed by atoms with Crippen molar-refractivity contribution in [3.63, 3.8) is 0 Å². The van der Waals surface area contributed by atoms with Gasteiger partial charge in [-0.25, -0.2) is 0 Å². The van der Waals surface area contributed by atoms with Crippen LogP contribution in [-0.4, -0.2) is 35.3 Å². The molecule has 0 heterocycles. The van der Waals surface area contributed by atoms with Crippen LogP contribution in [0.4, 0.5) is 0 Å². The monoisotopic (exact) mass is 119 g/mol. The fourth-order valence-electron chi connectivity index (χ4n) is 0.212. The van der Waals surface area contributed by atoms with Gasteiger partial charge in [-0.3, -0.25) is 0 Å². The molecule has 0 aromatic heterocycles. The Morgan fingerprint density at radius 1 is 1.75 bits per heavy atom. The van der Waals surface area contributed by atoms with E-state index in [1.807, 2.05) is 0 Å². The number of nitrogens with two attached hydrogens (primary N) is 1. The average molecular weight is 119 g/mol. The summed E-state index contributed by atoms with van der Waals surface area (Å²) in [5, 5.41) is 16.7. The number of hydrogen-bond donors (Lipinski definition) is 3. The molecule has 0 fully saturated rings. The highest BCUT2D eigenvalue weighted by molar-refractivity contribution is 5.57. The largest absolute Gasteiger partial charge is 0.394 e. The predicted octanol–water partition coefficient (Wildman–Crippen LogP) is -2.13. The third-order valence-corrected chi connectivity index (χ3v) is 0.788. The zero-order valence-corrected chi connectivity index (χ0v) is 4.32. The van der Waals surface area contributed by atoms with Gasteiger partial charge in [0.2, 0.25) is 0 Å². The minimum absolute atomic E-state index is 0.390. The van der Waals surface area contributed by atoms with Crippen LogP contribution in [0.3, 0.4) is 0 Å². The van der Waals surface area contributed by atoms with E-state index in [0.29, 0.717) is 6.29 Å². The molecule has 0 unspecified atom stereocenters. The molecule has 0 bridgehead atoms. The van der Waals surface area contributed by atoms with Crippen LogP contribution in [-0.2, 0) is 4.79 Å². The van der Waals surface area contributed by atoms with Gasteiger partial charge in [-0.2, -0.15) is 0 Å². The Morgan fingerprint density at radius 3 is 2.38 bits per heavy atom. The molecule has 0 aliphatic carbocycles. The van der Waals surface area contributed by atoms with Crippen LogP contribution >= 0.6 is 0 Å². The van der Waals surface area contributed by atoms with E-state index < -0.39 is 18.8 Å². The number of aldehydes is 1. The van der Waals surface area contributed by atoms with Crippen LogP contribution in [0.15, 0.2) is 0 Å². The van der Waals surface area contributed by atoms with Crippen LogP contribution in [0.5, 0.6) is 0 Å². The molecule has 0 saturated heterocycles. The molecule has 0 aliphatic heterocycles.